The Morgan fingerprint density at radius 2 is 2.08 bits per heavy atom. The third-order valence-corrected chi connectivity index (χ3v) is 4.39. The summed E-state index contributed by atoms with van der Waals surface area (Å²) in [6.45, 7) is 6.48. The summed E-state index contributed by atoms with van der Waals surface area (Å²) in [6, 6.07) is 2.70. The maximum Gasteiger partial charge on any atom is 0.270 e. The number of nitrogens with zero attached hydrogens (tertiary/aromatic N) is 4. The summed E-state index contributed by atoms with van der Waals surface area (Å²) < 4.78 is 6.86. The van der Waals surface area contributed by atoms with E-state index in [1.165, 1.54) is 10.7 Å². The number of aromatic amines is 1. The van der Waals surface area contributed by atoms with Gasteiger partial charge in [0.1, 0.15) is 5.69 Å². The van der Waals surface area contributed by atoms with Gasteiger partial charge in [-0.1, -0.05) is 13.8 Å². The average molecular weight is 360 g/mol. The quantitative estimate of drug-likeness (QED) is 0.803. The third-order valence-electron chi connectivity index (χ3n) is 4.39. The zero-order chi connectivity index (χ0) is 18.7. The Balaban J connectivity index is 1.87. The number of carbonyl (C=O) groups is 1. The minimum Gasteiger partial charge on any atom is -0.378 e. The van der Waals surface area contributed by atoms with Gasteiger partial charge in [-0.2, -0.15) is 5.10 Å². The van der Waals surface area contributed by atoms with Crippen LogP contribution in [0.3, 0.4) is 0 Å². The van der Waals surface area contributed by atoms with E-state index in [0.717, 1.165) is 0 Å². The summed E-state index contributed by atoms with van der Waals surface area (Å²) in [4.78, 5) is 34.1. The number of aromatic nitrogens is 4. The number of rotatable bonds is 5. The third kappa shape index (κ3) is 3.93. The van der Waals surface area contributed by atoms with Crippen LogP contribution in [0.4, 0.5) is 5.95 Å². The predicted molar refractivity (Wildman–Crippen MR) is 96.1 cm³/mol. The van der Waals surface area contributed by atoms with Gasteiger partial charge in [-0.05, 0) is 12.0 Å². The molecule has 0 unspecified atom stereocenters. The van der Waals surface area contributed by atoms with Crippen LogP contribution in [0.2, 0.25) is 0 Å². The van der Waals surface area contributed by atoms with Gasteiger partial charge in [0.15, 0.2) is 0 Å². The molecule has 1 aliphatic heterocycles. The molecule has 1 atom stereocenters. The van der Waals surface area contributed by atoms with Gasteiger partial charge in [0.2, 0.25) is 5.95 Å². The zero-order valence-corrected chi connectivity index (χ0v) is 15.2. The van der Waals surface area contributed by atoms with Gasteiger partial charge in [-0.25, -0.2) is 4.98 Å². The van der Waals surface area contributed by atoms with Gasteiger partial charge in [-0.15, -0.1) is 0 Å². The Kier molecular flexibility index (Phi) is 5.36. The molecule has 9 heteroatoms. The Labute approximate surface area is 151 Å². The van der Waals surface area contributed by atoms with Crippen molar-refractivity contribution in [1.29, 1.82) is 0 Å². The van der Waals surface area contributed by atoms with E-state index in [1.807, 2.05) is 18.7 Å². The lowest BCUT2D eigenvalue weighted by molar-refractivity contribution is 0.0914. The van der Waals surface area contributed by atoms with Crippen molar-refractivity contribution in [3.05, 3.63) is 40.1 Å². The number of hydrogen-bond donors (Lipinski definition) is 2. The van der Waals surface area contributed by atoms with Crippen molar-refractivity contribution in [3.8, 4) is 0 Å². The van der Waals surface area contributed by atoms with Crippen LogP contribution in [0.5, 0.6) is 0 Å². The summed E-state index contributed by atoms with van der Waals surface area (Å²) in [6.07, 6.45) is 1.57. The van der Waals surface area contributed by atoms with Gasteiger partial charge in [0.25, 0.3) is 11.5 Å². The highest BCUT2D eigenvalue weighted by molar-refractivity contribution is 5.92. The molecule has 1 aliphatic rings. The molecule has 1 saturated heterocycles. The molecular weight excluding hydrogens is 336 g/mol. The number of amides is 1. The van der Waals surface area contributed by atoms with Crippen LogP contribution in [0.1, 0.15) is 36.1 Å². The highest BCUT2D eigenvalue weighted by Gasteiger charge is 2.24. The molecule has 0 saturated carbocycles. The molecule has 3 rings (SSSR count). The maximum atomic E-state index is 12.6. The van der Waals surface area contributed by atoms with E-state index in [2.05, 4.69) is 20.4 Å². The minimum atomic E-state index is -0.389. The second-order valence-electron chi connectivity index (χ2n) is 6.63. The van der Waals surface area contributed by atoms with Crippen LogP contribution in [-0.4, -0.2) is 52.0 Å². The molecule has 2 N–H and O–H groups in total. The molecule has 1 amide bonds. The predicted octanol–water partition coefficient (Wildman–Crippen LogP) is 0.467. The second-order valence-corrected chi connectivity index (χ2v) is 6.63. The first-order chi connectivity index (χ1) is 12.5. The van der Waals surface area contributed by atoms with E-state index in [9.17, 15) is 9.59 Å². The summed E-state index contributed by atoms with van der Waals surface area (Å²) >= 11 is 0. The van der Waals surface area contributed by atoms with Gasteiger partial charge < -0.3 is 15.0 Å². The van der Waals surface area contributed by atoms with Crippen LogP contribution in [0.25, 0.3) is 0 Å². The highest BCUT2D eigenvalue weighted by atomic mass is 16.5. The smallest absolute Gasteiger partial charge is 0.270 e. The molecule has 2 aromatic heterocycles. The summed E-state index contributed by atoms with van der Waals surface area (Å²) in [7, 11) is 1.71. The van der Waals surface area contributed by atoms with E-state index in [4.69, 9.17) is 4.74 Å². The molecule has 2 aromatic rings. The Morgan fingerprint density at radius 1 is 1.35 bits per heavy atom. The number of carbonyl (C=O) groups excluding carboxylic acids is 1. The number of aryl methyl sites for hydroxylation is 1. The van der Waals surface area contributed by atoms with Crippen molar-refractivity contribution in [2.24, 2.45) is 13.0 Å². The van der Waals surface area contributed by atoms with Crippen molar-refractivity contribution in [2.45, 2.75) is 19.9 Å². The van der Waals surface area contributed by atoms with E-state index >= 15 is 0 Å². The van der Waals surface area contributed by atoms with Crippen molar-refractivity contribution < 1.29 is 9.53 Å². The van der Waals surface area contributed by atoms with Gasteiger partial charge in [-0.3, -0.25) is 19.3 Å². The van der Waals surface area contributed by atoms with Crippen molar-refractivity contribution in [2.75, 3.05) is 31.2 Å². The van der Waals surface area contributed by atoms with Crippen LogP contribution < -0.4 is 15.8 Å². The Bertz CT molecular complexity index is 822. The fraction of sp³-hybridized carbons (Fsp3) is 0.529. The van der Waals surface area contributed by atoms with Crippen molar-refractivity contribution >= 4 is 11.9 Å². The first-order valence-corrected chi connectivity index (χ1v) is 8.68. The minimum absolute atomic E-state index is 0.0546. The van der Waals surface area contributed by atoms with Crippen LogP contribution in [0.15, 0.2) is 23.1 Å². The molecule has 140 valence electrons. The maximum absolute atomic E-state index is 12.6. The lowest BCUT2D eigenvalue weighted by Crippen LogP contribution is -2.39. The topological polar surface area (TPSA) is 105 Å². The summed E-state index contributed by atoms with van der Waals surface area (Å²) in [5.41, 5.74) is 0.756. The number of anilines is 1. The lowest BCUT2D eigenvalue weighted by atomic mass is 10.0. The standard InChI is InChI=1S/C17H24N6O3/c1-11(2)15(21-16(25)13-4-5-18-22(13)3)12-10-14(24)20-17(19-12)23-6-8-26-9-7-23/h4-5,10-11,15H,6-9H2,1-3H3,(H,21,25)(H,19,20,24)/t15-/m0/s1. The molecule has 9 nitrogen and oxygen atoms in total. The van der Waals surface area contributed by atoms with Gasteiger partial charge >= 0.3 is 0 Å². The molecule has 0 aliphatic carbocycles. The first kappa shape index (κ1) is 18.1. The largest absolute Gasteiger partial charge is 0.378 e. The van der Waals surface area contributed by atoms with Gasteiger partial charge in [0, 0.05) is 32.4 Å². The fourth-order valence-electron chi connectivity index (χ4n) is 2.94. The first-order valence-electron chi connectivity index (χ1n) is 8.68. The molecular formula is C17H24N6O3. The number of H-pyrrole nitrogens is 1. The van der Waals surface area contributed by atoms with Crippen molar-refractivity contribution in [1.82, 2.24) is 25.1 Å². The molecule has 0 radical (unpaired) electrons. The van der Waals surface area contributed by atoms with Crippen LogP contribution in [0, 0.1) is 5.92 Å². The Morgan fingerprint density at radius 3 is 2.69 bits per heavy atom. The summed E-state index contributed by atoms with van der Waals surface area (Å²) in [5, 5.41) is 6.99. The zero-order valence-electron chi connectivity index (χ0n) is 15.2. The molecule has 1 fully saturated rings. The molecule has 26 heavy (non-hydrogen) atoms. The van der Waals surface area contributed by atoms with E-state index in [-0.39, 0.29) is 23.4 Å². The molecule has 3 heterocycles. The number of hydrogen-bond acceptors (Lipinski definition) is 6. The molecule has 0 spiro atoms. The number of ether oxygens (including phenoxy) is 1. The second kappa shape index (κ2) is 7.69. The summed E-state index contributed by atoms with van der Waals surface area (Å²) in [5.74, 6) is 0.314. The van der Waals surface area contributed by atoms with Crippen LogP contribution in [-0.2, 0) is 11.8 Å². The van der Waals surface area contributed by atoms with E-state index < -0.39 is 0 Å². The van der Waals surface area contributed by atoms with E-state index in [0.29, 0.717) is 43.6 Å². The highest BCUT2D eigenvalue weighted by Crippen LogP contribution is 2.21. The number of nitrogens with one attached hydrogen (secondary N) is 2. The fourth-order valence-corrected chi connectivity index (χ4v) is 2.94. The number of morpholine rings is 1. The average Bonchev–Trinajstić information content (AvgIpc) is 3.05. The molecule has 0 bridgehead atoms. The normalized spacial score (nSPS) is 15.9. The lowest BCUT2D eigenvalue weighted by Gasteiger charge is -2.28. The SMILES string of the molecule is CC(C)[C@H](NC(=O)c1ccnn1C)c1cc(=O)[nH]c(N2CCOCC2)n1. The molecule has 0 aromatic carbocycles. The monoisotopic (exact) mass is 360 g/mol. The Hall–Kier alpha value is -2.68. The van der Waals surface area contributed by atoms with Crippen LogP contribution >= 0.6 is 0 Å². The van der Waals surface area contributed by atoms with E-state index in [1.54, 1.807) is 19.3 Å². The van der Waals surface area contributed by atoms with Gasteiger partial charge in [0.05, 0.1) is 24.9 Å². The van der Waals surface area contributed by atoms with Crippen molar-refractivity contribution in [3.63, 3.8) is 0 Å².